The highest BCUT2D eigenvalue weighted by atomic mass is 16.7. The number of ether oxygens (including phenoxy) is 2. The molecule has 0 aromatic heterocycles. The van der Waals surface area contributed by atoms with Gasteiger partial charge < -0.3 is 19.7 Å². The predicted octanol–water partition coefficient (Wildman–Crippen LogP) is -0.901. The summed E-state index contributed by atoms with van der Waals surface area (Å²) in [6.45, 7) is 2.34. The summed E-state index contributed by atoms with van der Waals surface area (Å²) in [5, 5.41) is 18.8. The first-order valence-electron chi connectivity index (χ1n) is 3.83. The van der Waals surface area contributed by atoms with Gasteiger partial charge in [-0.2, -0.15) is 0 Å². The van der Waals surface area contributed by atoms with E-state index in [1.54, 1.807) is 0 Å². The largest absolute Gasteiger partial charge is 0.390 e. The molecule has 2 saturated heterocycles. The van der Waals surface area contributed by atoms with E-state index in [9.17, 15) is 10.2 Å². The van der Waals surface area contributed by atoms with Crippen LogP contribution in [0, 0.1) is 5.92 Å². The number of hydrogen-bond acceptors (Lipinski definition) is 4. The minimum atomic E-state index is -0.885. The quantitative estimate of drug-likeness (QED) is 0.482. The SMILES string of the molecule is C[C@@H]1C2CO[C@H](O2)C(O)[C@@H]1O. The Hall–Kier alpha value is -0.160. The lowest BCUT2D eigenvalue weighted by molar-refractivity contribution is -0.210. The molecule has 2 aliphatic heterocycles. The lowest BCUT2D eigenvalue weighted by Crippen LogP contribution is -2.49. The first kappa shape index (κ1) is 7.49. The van der Waals surface area contributed by atoms with Crippen LogP contribution in [-0.2, 0) is 9.47 Å². The fourth-order valence-electron chi connectivity index (χ4n) is 1.59. The predicted molar refractivity (Wildman–Crippen MR) is 35.8 cm³/mol. The molecule has 2 unspecified atom stereocenters. The van der Waals surface area contributed by atoms with Crippen molar-refractivity contribution in [2.75, 3.05) is 6.61 Å². The first-order valence-corrected chi connectivity index (χ1v) is 3.83. The Kier molecular flexibility index (Phi) is 1.64. The molecule has 0 aromatic carbocycles. The molecule has 2 heterocycles. The highest BCUT2D eigenvalue weighted by Crippen LogP contribution is 2.31. The molecule has 0 aliphatic carbocycles. The van der Waals surface area contributed by atoms with E-state index in [0.717, 1.165) is 0 Å². The monoisotopic (exact) mass is 160 g/mol. The van der Waals surface area contributed by atoms with Crippen molar-refractivity contribution >= 4 is 0 Å². The van der Waals surface area contributed by atoms with Crippen molar-refractivity contribution in [3.63, 3.8) is 0 Å². The molecule has 0 aromatic rings. The molecular weight excluding hydrogens is 148 g/mol. The summed E-state index contributed by atoms with van der Waals surface area (Å²) in [5.41, 5.74) is 0. The van der Waals surface area contributed by atoms with Gasteiger partial charge >= 0.3 is 0 Å². The summed E-state index contributed by atoms with van der Waals surface area (Å²) in [5.74, 6) is -0.0382. The van der Waals surface area contributed by atoms with E-state index in [4.69, 9.17) is 9.47 Å². The van der Waals surface area contributed by atoms with Crippen LogP contribution in [0.2, 0.25) is 0 Å². The molecule has 0 spiro atoms. The van der Waals surface area contributed by atoms with Crippen LogP contribution in [0.1, 0.15) is 6.92 Å². The van der Waals surface area contributed by atoms with Crippen LogP contribution in [0.15, 0.2) is 0 Å². The molecule has 2 N–H and O–H groups in total. The van der Waals surface area contributed by atoms with E-state index in [2.05, 4.69) is 0 Å². The molecule has 2 fully saturated rings. The maximum absolute atomic E-state index is 9.42. The molecule has 2 aliphatic rings. The van der Waals surface area contributed by atoms with E-state index in [1.165, 1.54) is 0 Å². The molecule has 2 bridgehead atoms. The van der Waals surface area contributed by atoms with Gasteiger partial charge in [0.2, 0.25) is 0 Å². The summed E-state index contributed by atoms with van der Waals surface area (Å²) >= 11 is 0. The Bertz CT molecular complexity index is 141. The molecule has 64 valence electrons. The zero-order valence-corrected chi connectivity index (χ0v) is 6.30. The summed E-state index contributed by atoms with van der Waals surface area (Å²) in [7, 11) is 0. The maximum atomic E-state index is 9.42. The van der Waals surface area contributed by atoms with Crippen molar-refractivity contribution in [1.29, 1.82) is 0 Å². The number of fused-ring (bicyclic) bond motifs is 2. The molecule has 0 radical (unpaired) electrons. The smallest absolute Gasteiger partial charge is 0.186 e. The molecule has 5 atom stereocenters. The maximum Gasteiger partial charge on any atom is 0.186 e. The summed E-state index contributed by atoms with van der Waals surface area (Å²) in [6.07, 6.45) is -2.24. The van der Waals surface area contributed by atoms with Gasteiger partial charge in [0.25, 0.3) is 0 Å². The van der Waals surface area contributed by atoms with Crippen LogP contribution in [0.4, 0.5) is 0 Å². The summed E-state index contributed by atoms with van der Waals surface area (Å²) < 4.78 is 10.4. The molecule has 2 rings (SSSR count). The van der Waals surface area contributed by atoms with E-state index >= 15 is 0 Å². The standard InChI is InChI=1S/C7H12O4/c1-3-4-2-10-7(11-4)6(9)5(3)8/h3-9H,2H2,1H3/t3-,4?,5-,6?,7-/m1/s1. The second-order valence-corrected chi connectivity index (χ2v) is 3.22. The van der Waals surface area contributed by atoms with Gasteiger partial charge in [0.1, 0.15) is 6.10 Å². The van der Waals surface area contributed by atoms with Crippen molar-refractivity contribution in [2.45, 2.75) is 31.5 Å². The minimum Gasteiger partial charge on any atom is -0.390 e. The fraction of sp³-hybridized carbons (Fsp3) is 1.00. The number of aliphatic hydroxyl groups excluding tert-OH is 2. The van der Waals surface area contributed by atoms with E-state index < -0.39 is 18.5 Å². The highest BCUT2D eigenvalue weighted by Gasteiger charge is 2.47. The normalized spacial score (nSPS) is 56.5. The van der Waals surface area contributed by atoms with Gasteiger partial charge in [-0.05, 0) is 0 Å². The second-order valence-electron chi connectivity index (χ2n) is 3.22. The van der Waals surface area contributed by atoms with Gasteiger partial charge in [-0.3, -0.25) is 0 Å². The van der Waals surface area contributed by atoms with Crippen LogP contribution in [0.25, 0.3) is 0 Å². The van der Waals surface area contributed by atoms with Crippen molar-refractivity contribution in [3.05, 3.63) is 0 Å². The third-order valence-electron chi connectivity index (χ3n) is 2.49. The van der Waals surface area contributed by atoms with Gasteiger partial charge in [0, 0.05) is 5.92 Å². The average Bonchev–Trinajstić information content (AvgIpc) is 2.44. The second kappa shape index (κ2) is 2.42. The van der Waals surface area contributed by atoms with Gasteiger partial charge in [-0.25, -0.2) is 0 Å². The first-order chi connectivity index (χ1) is 5.20. The summed E-state index contributed by atoms with van der Waals surface area (Å²) in [6, 6.07) is 0. The van der Waals surface area contributed by atoms with Crippen LogP contribution in [0.3, 0.4) is 0 Å². The Morgan fingerprint density at radius 2 is 2.00 bits per heavy atom. The Labute approximate surface area is 64.7 Å². The van der Waals surface area contributed by atoms with Gasteiger partial charge in [0.05, 0.1) is 18.8 Å². The molecule has 0 saturated carbocycles. The summed E-state index contributed by atoms with van der Waals surface area (Å²) in [4.78, 5) is 0. The van der Waals surface area contributed by atoms with Crippen LogP contribution < -0.4 is 0 Å². The fourth-order valence-corrected chi connectivity index (χ4v) is 1.59. The van der Waals surface area contributed by atoms with E-state index in [1.807, 2.05) is 6.92 Å². The molecule has 4 heteroatoms. The van der Waals surface area contributed by atoms with Crippen LogP contribution in [-0.4, -0.2) is 41.4 Å². The van der Waals surface area contributed by atoms with Gasteiger partial charge in [-0.15, -0.1) is 0 Å². The van der Waals surface area contributed by atoms with Crippen LogP contribution >= 0.6 is 0 Å². The zero-order chi connectivity index (χ0) is 8.01. The molecule has 11 heavy (non-hydrogen) atoms. The van der Waals surface area contributed by atoms with Crippen molar-refractivity contribution in [2.24, 2.45) is 5.92 Å². The van der Waals surface area contributed by atoms with Gasteiger partial charge in [0.15, 0.2) is 6.29 Å². The molecular formula is C7H12O4. The number of aliphatic hydroxyl groups is 2. The van der Waals surface area contributed by atoms with Crippen molar-refractivity contribution in [1.82, 2.24) is 0 Å². The lowest BCUT2D eigenvalue weighted by Gasteiger charge is -2.33. The van der Waals surface area contributed by atoms with Crippen LogP contribution in [0.5, 0.6) is 0 Å². The minimum absolute atomic E-state index is 0.0382. The third-order valence-corrected chi connectivity index (χ3v) is 2.49. The average molecular weight is 160 g/mol. The highest BCUT2D eigenvalue weighted by molar-refractivity contribution is 4.90. The Morgan fingerprint density at radius 1 is 1.27 bits per heavy atom. The molecule has 0 amide bonds. The Morgan fingerprint density at radius 3 is 2.73 bits per heavy atom. The zero-order valence-electron chi connectivity index (χ0n) is 6.30. The Balaban J connectivity index is 2.16. The van der Waals surface area contributed by atoms with E-state index in [0.29, 0.717) is 6.61 Å². The number of rotatable bonds is 0. The van der Waals surface area contributed by atoms with Crippen molar-refractivity contribution in [3.8, 4) is 0 Å². The lowest BCUT2D eigenvalue weighted by atomic mass is 9.93. The van der Waals surface area contributed by atoms with E-state index in [-0.39, 0.29) is 12.0 Å². The number of hydrogen-bond donors (Lipinski definition) is 2. The third kappa shape index (κ3) is 0.980. The molecule has 4 nitrogen and oxygen atoms in total. The van der Waals surface area contributed by atoms with Crippen molar-refractivity contribution < 1.29 is 19.7 Å². The van der Waals surface area contributed by atoms with Gasteiger partial charge in [-0.1, -0.05) is 6.92 Å². The topological polar surface area (TPSA) is 58.9 Å².